The van der Waals surface area contributed by atoms with Crippen molar-refractivity contribution in [2.45, 2.75) is 59.5 Å². The van der Waals surface area contributed by atoms with E-state index in [4.69, 9.17) is 5.11 Å². The molecule has 110 valence electrons. The molecule has 0 atom stereocenters. The molecule has 0 bridgehead atoms. The SMILES string of the molecule is CC(C)(CCCO)CNCc1cn(C(C)(C)C)nn1. The second-order valence-electron chi connectivity index (χ2n) is 6.92. The van der Waals surface area contributed by atoms with Gasteiger partial charge < -0.3 is 10.4 Å². The van der Waals surface area contributed by atoms with Gasteiger partial charge in [-0.15, -0.1) is 5.10 Å². The molecule has 0 amide bonds. The van der Waals surface area contributed by atoms with E-state index in [1.165, 1.54) is 0 Å². The quantitative estimate of drug-likeness (QED) is 0.793. The van der Waals surface area contributed by atoms with Crippen LogP contribution in [0.3, 0.4) is 0 Å². The number of hydrogen-bond acceptors (Lipinski definition) is 4. The minimum absolute atomic E-state index is 0.0222. The smallest absolute Gasteiger partial charge is 0.0965 e. The number of rotatable bonds is 7. The number of nitrogens with one attached hydrogen (secondary N) is 1. The van der Waals surface area contributed by atoms with Gasteiger partial charge in [-0.2, -0.15) is 0 Å². The molecule has 0 saturated heterocycles. The molecule has 0 aromatic carbocycles. The summed E-state index contributed by atoms with van der Waals surface area (Å²) in [6.07, 6.45) is 3.87. The van der Waals surface area contributed by atoms with Crippen LogP contribution < -0.4 is 5.32 Å². The fraction of sp³-hybridized carbons (Fsp3) is 0.857. The molecule has 0 aliphatic carbocycles. The lowest BCUT2D eigenvalue weighted by Gasteiger charge is -2.24. The van der Waals surface area contributed by atoms with Gasteiger partial charge >= 0.3 is 0 Å². The normalized spacial score (nSPS) is 12.9. The van der Waals surface area contributed by atoms with Crippen molar-refractivity contribution in [1.29, 1.82) is 0 Å². The zero-order valence-electron chi connectivity index (χ0n) is 12.9. The maximum Gasteiger partial charge on any atom is 0.0965 e. The van der Waals surface area contributed by atoms with Gasteiger partial charge in [-0.3, -0.25) is 0 Å². The molecule has 1 aromatic heterocycles. The highest BCUT2D eigenvalue weighted by molar-refractivity contribution is 4.94. The summed E-state index contributed by atoms with van der Waals surface area (Å²) in [4.78, 5) is 0. The Kier molecular flexibility index (Phi) is 5.50. The molecule has 1 heterocycles. The maximum atomic E-state index is 8.87. The van der Waals surface area contributed by atoms with Crippen molar-refractivity contribution >= 4 is 0 Å². The molecule has 5 nitrogen and oxygen atoms in total. The van der Waals surface area contributed by atoms with Crippen LogP contribution in [0.5, 0.6) is 0 Å². The Bertz CT molecular complexity index is 379. The molecule has 0 aliphatic rings. The fourth-order valence-corrected chi connectivity index (χ4v) is 1.88. The molecule has 0 unspecified atom stereocenters. The van der Waals surface area contributed by atoms with Crippen molar-refractivity contribution in [3.63, 3.8) is 0 Å². The molecule has 1 rings (SSSR count). The van der Waals surface area contributed by atoms with E-state index in [-0.39, 0.29) is 17.6 Å². The molecule has 0 fully saturated rings. The fourth-order valence-electron chi connectivity index (χ4n) is 1.88. The minimum Gasteiger partial charge on any atom is -0.396 e. The monoisotopic (exact) mass is 268 g/mol. The van der Waals surface area contributed by atoms with Crippen molar-refractivity contribution in [1.82, 2.24) is 20.3 Å². The van der Waals surface area contributed by atoms with E-state index in [1.807, 2.05) is 10.9 Å². The first kappa shape index (κ1) is 16.1. The third-order valence-corrected chi connectivity index (χ3v) is 3.15. The van der Waals surface area contributed by atoms with E-state index in [0.29, 0.717) is 0 Å². The second kappa shape index (κ2) is 6.48. The lowest BCUT2D eigenvalue weighted by Crippen LogP contribution is -2.29. The van der Waals surface area contributed by atoms with Crippen LogP contribution in [0, 0.1) is 5.41 Å². The van der Waals surface area contributed by atoms with Crippen LogP contribution in [0.15, 0.2) is 6.20 Å². The summed E-state index contributed by atoms with van der Waals surface area (Å²) in [5.74, 6) is 0. The first-order chi connectivity index (χ1) is 8.74. The predicted molar refractivity (Wildman–Crippen MR) is 76.8 cm³/mol. The van der Waals surface area contributed by atoms with Gasteiger partial charge in [0.25, 0.3) is 0 Å². The van der Waals surface area contributed by atoms with Crippen molar-refractivity contribution in [2.75, 3.05) is 13.2 Å². The van der Waals surface area contributed by atoms with Gasteiger partial charge in [-0.25, -0.2) is 4.68 Å². The lowest BCUT2D eigenvalue weighted by molar-refractivity contribution is 0.236. The van der Waals surface area contributed by atoms with Gasteiger partial charge in [0.05, 0.1) is 17.4 Å². The van der Waals surface area contributed by atoms with Crippen LogP contribution in [-0.4, -0.2) is 33.3 Å². The number of aliphatic hydroxyl groups is 1. The highest BCUT2D eigenvalue weighted by atomic mass is 16.2. The first-order valence-corrected chi connectivity index (χ1v) is 6.98. The summed E-state index contributed by atoms with van der Waals surface area (Å²) in [7, 11) is 0. The van der Waals surface area contributed by atoms with E-state index in [9.17, 15) is 0 Å². The van der Waals surface area contributed by atoms with Gasteiger partial charge in [-0.1, -0.05) is 19.1 Å². The Hall–Kier alpha value is -0.940. The standard InChI is InChI=1S/C14H28N4O/c1-13(2,3)18-10-12(16-17-18)9-15-11-14(4,5)7-6-8-19/h10,15,19H,6-9,11H2,1-5H3. The van der Waals surface area contributed by atoms with E-state index >= 15 is 0 Å². The maximum absolute atomic E-state index is 8.87. The molecule has 0 spiro atoms. The second-order valence-corrected chi connectivity index (χ2v) is 6.92. The van der Waals surface area contributed by atoms with E-state index < -0.39 is 0 Å². The number of aromatic nitrogens is 3. The predicted octanol–water partition coefficient (Wildman–Crippen LogP) is 1.92. The molecule has 0 radical (unpaired) electrons. The van der Waals surface area contributed by atoms with Crippen LogP contribution >= 0.6 is 0 Å². The average Bonchev–Trinajstić information content (AvgIpc) is 2.74. The molecule has 19 heavy (non-hydrogen) atoms. The van der Waals surface area contributed by atoms with Gasteiger partial charge in [0, 0.05) is 19.7 Å². The largest absolute Gasteiger partial charge is 0.396 e. The Balaban J connectivity index is 2.39. The topological polar surface area (TPSA) is 63.0 Å². The van der Waals surface area contributed by atoms with Crippen LogP contribution in [0.2, 0.25) is 0 Å². The first-order valence-electron chi connectivity index (χ1n) is 6.98. The number of aliphatic hydroxyl groups excluding tert-OH is 1. The van der Waals surface area contributed by atoms with Gasteiger partial charge in [-0.05, 0) is 39.0 Å². The summed E-state index contributed by atoms with van der Waals surface area (Å²) in [5.41, 5.74) is 1.14. The minimum atomic E-state index is -0.0222. The third-order valence-electron chi connectivity index (χ3n) is 3.15. The molecule has 1 aromatic rings. The Morgan fingerprint density at radius 2 is 1.95 bits per heavy atom. The Morgan fingerprint density at radius 3 is 2.47 bits per heavy atom. The molecular formula is C14H28N4O. The Morgan fingerprint density at radius 1 is 1.26 bits per heavy atom. The van der Waals surface area contributed by atoms with Crippen LogP contribution in [-0.2, 0) is 12.1 Å². The summed E-state index contributed by atoms with van der Waals surface area (Å²) in [6.45, 7) is 12.7. The highest BCUT2D eigenvalue weighted by Crippen LogP contribution is 2.20. The van der Waals surface area contributed by atoms with E-state index in [2.05, 4.69) is 50.2 Å². The summed E-state index contributed by atoms with van der Waals surface area (Å²) < 4.78 is 1.89. The van der Waals surface area contributed by atoms with E-state index in [1.54, 1.807) is 0 Å². The van der Waals surface area contributed by atoms with Gasteiger partial charge in [0.1, 0.15) is 0 Å². The Labute approximate surface area is 116 Å². The molecule has 5 heteroatoms. The summed E-state index contributed by atoms with van der Waals surface area (Å²) >= 11 is 0. The lowest BCUT2D eigenvalue weighted by atomic mass is 9.88. The number of nitrogens with zero attached hydrogens (tertiary/aromatic N) is 3. The van der Waals surface area contributed by atoms with Crippen molar-refractivity contribution in [2.24, 2.45) is 5.41 Å². The van der Waals surface area contributed by atoms with Gasteiger partial charge in [0.15, 0.2) is 0 Å². The third kappa shape index (κ3) is 5.70. The van der Waals surface area contributed by atoms with Crippen LogP contribution in [0.25, 0.3) is 0 Å². The average molecular weight is 268 g/mol. The van der Waals surface area contributed by atoms with Crippen molar-refractivity contribution < 1.29 is 5.11 Å². The molecule has 0 saturated carbocycles. The van der Waals surface area contributed by atoms with E-state index in [0.717, 1.165) is 31.6 Å². The zero-order valence-corrected chi connectivity index (χ0v) is 12.9. The summed E-state index contributed by atoms with van der Waals surface area (Å²) in [5, 5.41) is 20.6. The summed E-state index contributed by atoms with van der Waals surface area (Å²) in [6, 6.07) is 0. The van der Waals surface area contributed by atoms with Crippen LogP contribution in [0.1, 0.15) is 53.2 Å². The highest BCUT2D eigenvalue weighted by Gasteiger charge is 2.18. The van der Waals surface area contributed by atoms with Crippen molar-refractivity contribution in [3.8, 4) is 0 Å². The molecule has 0 aliphatic heterocycles. The van der Waals surface area contributed by atoms with Gasteiger partial charge in [0.2, 0.25) is 0 Å². The van der Waals surface area contributed by atoms with Crippen LogP contribution in [0.4, 0.5) is 0 Å². The molecular weight excluding hydrogens is 240 g/mol. The molecule has 2 N–H and O–H groups in total. The van der Waals surface area contributed by atoms with Crippen molar-refractivity contribution in [3.05, 3.63) is 11.9 Å². The number of hydrogen-bond donors (Lipinski definition) is 2. The zero-order chi connectivity index (χ0) is 14.5.